The summed E-state index contributed by atoms with van der Waals surface area (Å²) in [6.45, 7) is 15.5. The Hall–Kier alpha value is -5.80. The van der Waals surface area contributed by atoms with Crippen LogP contribution in [0.15, 0.2) is 48.8 Å². The van der Waals surface area contributed by atoms with Gasteiger partial charge in [0.15, 0.2) is 5.69 Å². The fourth-order valence-corrected chi connectivity index (χ4v) is 9.38. The van der Waals surface area contributed by atoms with E-state index in [-0.39, 0.29) is 29.7 Å². The van der Waals surface area contributed by atoms with Crippen LogP contribution in [-0.4, -0.2) is 123 Å². The summed E-state index contributed by atoms with van der Waals surface area (Å²) in [4.78, 5) is 77.5. The van der Waals surface area contributed by atoms with Crippen molar-refractivity contribution in [2.75, 3.05) is 54.4 Å². The third kappa shape index (κ3) is 6.27. The number of carbonyl (C=O) groups excluding carboxylic acids is 5. The van der Waals surface area contributed by atoms with Gasteiger partial charge in [-0.3, -0.25) is 48.7 Å². The van der Waals surface area contributed by atoms with Crippen LogP contribution in [0.2, 0.25) is 0 Å². The third-order valence-electron chi connectivity index (χ3n) is 12.8. The minimum absolute atomic E-state index is 0.0581. The highest BCUT2D eigenvalue weighted by Crippen LogP contribution is 2.40. The monoisotopic (exact) mass is 798 g/mol. The molecule has 0 saturated carbocycles. The SMILES string of the molecule is [C-]#[N+]c1ccc(NC(=O)C(C)(C)n2cc(N3CC(N4C5CCC4CN(C4CN(c6ccc7c(c6)C(=O)N(C6CCC(=O)NC6=O)C7=O)C4)C5)C3)cn2)cc1C(F)(F)F. The van der Waals surface area contributed by atoms with E-state index in [0.29, 0.717) is 24.2 Å². The number of anilines is 3. The lowest BCUT2D eigenvalue weighted by Crippen LogP contribution is -2.70. The molecule has 2 bridgehead atoms. The van der Waals surface area contributed by atoms with E-state index in [9.17, 15) is 37.1 Å². The Morgan fingerprint density at radius 1 is 0.845 bits per heavy atom. The number of fused-ring (bicyclic) bond motifs is 3. The molecule has 5 amide bonds. The van der Waals surface area contributed by atoms with Crippen LogP contribution in [0.3, 0.4) is 0 Å². The zero-order valence-corrected chi connectivity index (χ0v) is 31.8. The van der Waals surface area contributed by atoms with Crippen molar-refractivity contribution in [1.82, 2.24) is 29.8 Å². The average Bonchev–Trinajstić information content (AvgIpc) is 3.80. The summed E-state index contributed by atoms with van der Waals surface area (Å²) in [6, 6.07) is 8.99. The number of aromatic nitrogens is 2. The molecule has 0 aliphatic carbocycles. The number of likely N-dealkylation sites (tertiary alicyclic amines) is 1. The van der Waals surface area contributed by atoms with E-state index >= 15 is 0 Å². The highest BCUT2D eigenvalue weighted by molar-refractivity contribution is 6.23. The standard InChI is InChI=1S/C40H41F3N10O5/c1-39(2,38(58)46-22-4-9-32(44-3)31(12-22)40(41,42)43)51-21-26(14-45-51)49-19-28(20-49)52-24-5-6-25(52)16-50(15-24)27-17-48(18-27)23-7-8-29-30(13-23)37(57)53(36(29)56)33-10-11-34(54)47-35(33)55/h4,7-9,12-14,21,24-25,27-28,33H,5-6,10-11,15-20H2,1-2H3,(H,46,58)(H,47,54,55). The number of piperazine rings is 1. The molecule has 6 aliphatic rings. The minimum atomic E-state index is -4.73. The average molecular weight is 799 g/mol. The molecule has 18 heteroatoms. The lowest BCUT2D eigenvalue weighted by molar-refractivity contribution is -0.137. The highest BCUT2D eigenvalue weighted by atomic mass is 19.4. The van der Waals surface area contributed by atoms with Gasteiger partial charge in [-0.05, 0) is 63.4 Å². The van der Waals surface area contributed by atoms with Crippen LogP contribution < -0.4 is 20.4 Å². The molecule has 7 heterocycles. The molecule has 58 heavy (non-hydrogen) atoms. The topological polar surface area (TPSA) is 148 Å². The van der Waals surface area contributed by atoms with Gasteiger partial charge >= 0.3 is 6.18 Å². The van der Waals surface area contributed by atoms with Gasteiger partial charge in [-0.15, -0.1) is 0 Å². The zero-order chi connectivity index (χ0) is 40.8. The first-order chi connectivity index (χ1) is 27.6. The van der Waals surface area contributed by atoms with E-state index in [1.165, 1.54) is 10.7 Å². The molecule has 5 fully saturated rings. The van der Waals surface area contributed by atoms with Crippen molar-refractivity contribution in [3.63, 3.8) is 0 Å². The number of imide groups is 2. The number of nitrogens with one attached hydrogen (secondary N) is 2. The van der Waals surface area contributed by atoms with Gasteiger partial charge in [0.2, 0.25) is 11.8 Å². The van der Waals surface area contributed by atoms with E-state index in [4.69, 9.17) is 6.57 Å². The second-order valence-electron chi connectivity index (χ2n) is 16.6. The second-order valence-corrected chi connectivity index (χ2v) is 16.6. The summed E-state index contributed by atoms with van der Waals surface area (Å²) in [5.74, 6) is -2.60. The number of alkyl halides is 3. The van der Waals surface area contributed by atoms with Crippen LogP contribution >= 0.6 is 0 Å². The predicted octanol–water partition coefficient (Wildman–Crippen LogP) is 3.45. The predicted molar refractivity (Wildman–Crippen MR) is 203 cm³/mol. The van der Waals surface area contributed by atoms with Gasteiger partial charge in [-0.1, -0.05) is 6.07 Å². The molecule has 5 saturated heterocycles. The van der Waals surface area contributed by atoms with Crippen LogP contribution in [0.4, 0.5) is 35.9 Å². The number of nitrogens with zero attached hydrogens (tertiary/aromatic N) is 8. The summed E-state index contributed by atoms with van der Waals surface area (Å²) in [5, 5.41) is 9.24. The molecule has 15 nitrogen and oxygen atoms in total. The van der Waals surface area contributed by atoms with E-state index < -0.39 is 58.5 Å². The molecular weight excluding hydrogens is 757 g/mol. The van der Waals surface area contributed by atoms with Gasteiger partial charge in [-0.2, -0.15) is 18.3 Å². The normalized spacial score (nSPS) is 24.4. The molecule has 6 aliphatic heterocycles. The van der Waals surface area contributed by atoms with Crippen LogP contribution in [0, 0.1) is 6.57 Å². The molecule has 3 unspecified atom stereocenters. The number of benzene rings is 2. The van der Waals surface area contributed by atoms with Gasteiger partial charge in [0.1, 0.15) is 11.6 Å². The van der Waals surface area contributed by atoms with Gasteiger partial charge in [-0.25, -0.2) is 4.85 Å². The quantitative estimate of drug-likeness (QED) is 0.257. The largest absolute Gasteiger partial charge is 0.407 e. The van der Waals surface area contributed by atoms with Crippen LogP contribution in [0.25, 0.3) is 4.85 Å². The summed E-state index contributed by atoms with van der Waals surface area (Å²) in [6.07, 6.45) is 1.21. The lowest BCUT2D eigenvalue weighted by Gasteiger charge is -2.55. The van der Waals surface area contributed by atoms with Gasteiger partial charge < -0.3 is 15.1 Å². The fourth-order valence-electron chi connectivity index (χ4n) is 9.38. The van der Waals surface area contributed by atoms with Crippen molar-refractivity contribution in [2.45, 2.75) is 81.5 Å². The minimum Gasteiger partial charge on any atom is -0.368 e. The van der Waals surface area contributed by atoms with Crippen molar-refractivity contribution in [3.8, 4) is 0 Å². The first-order valence-corrected chi connectivity index (χ1v) is 19.4. The number of hydrogen-bond acceptors (Lipinski definition) is 10. The number of piperidine rings is 1. The maximum atomic E-state index is 13.5. The second kappa shape index (κ2) is 13.7. The number of halogens is 3. The number of carbonyl (C=O) groups is 5. The van der Waals surface area contributed by atoms with E-state index in [1.807, 2.05) is 6.07 Å². The van der Waals surface area contributed by atoms with Gasteiger partial charge in [0.25, 0.3) is 17.7 Å². The Balaban J connectivity index is 0.773. The molecule has 3 aromatic rings. The Labute approximate surface area is 331 Å². The van der Waals surface area contributed by atoms with E-state index in [0.717, 1.165) is 80.5 Å². The molecule has 0 radical (unpaired) electrons. The van der Waals surface area contributed by atoms with Gasteiger partial charge in [0.05, 0.1) is 35.1 Å². The lowest BCUT2D eigenvalue weighted by atomic mass is 9.98. The van der Waals surface area contributed by atoms with Crippen molar-refractivity contribution in [3.05, 3.63) is 76.9 Å². The smallest absolute Gasteiger partial charge is 0.368 e. The third-order valence-corrected chi connectivity index (χ3v) is 12.8. The van der Waals surface area contributed by atoms with E-state index in [2.05, 4.69) is 40.2 Å². The number of hydrogen-bond donors (Lipinski definition) is 2. The summed E-state index contributed by atoms with van der Waals surface area (Å²) < 4.78 is 42.0. The Morgan fingerprint density at radius 3 is 2.19 bits per heavy atom. The summed E-state index contributed by atoms with van der Waals surface area (Å²) in [5.41, 5.74) is -0.647. The summed E-state index contributed by atoms with van der Waals surface area (Å²) in [7, 11) is 0. The molecule has 302 valence electrons. The van der Waals surface area contributed by atoms with Crippen LogP contribution in [-0.2, 0) is 26.1 Å². The Bertz CT molecular complexity index is 2280. The number of rotatable bonds is 8. The Kier molecular flexibility index (Phi) is 8.89. The fraction of sp³-hybridized carbons (Fsp3) is 0.475. The molecule has 2 aromatic carbocycles. The first kappa shape index (κ1) is 37.8. The van der Waals surface area contributed by atoms with Crippen LogP contribution in [0.1, 0.15) is 65.8 Å². The van der Waals surface area contributed by atoms with Gasteiger partial charge in [0, 0.05) is 87.4 Å². The maximum absolute atomic E-state index is 13.5. The molecule has 0 spiro atoms. The summed E-state index contributed by atoms with van der Waals surface area (Å²) >= 11 is 0. The van der Waals surface area contributed by atoms with Crippen LogP contribution in [0.5, 0.6) is 0 Å². The molecular formula is C40H41F3N10O5. The molecule has 9 rings (SSSR count). The van der Waals surface area contributed by atoms with Crippen molar-refractivity contribution >= 4 is 52.3 Å². The van der Waals surface area contributed by atoms with Crippen molar-refractivity contribution < 1.29 is 37.1 Å². The maximum Gasteiger partial charge on any atom is 0.407 e. The first-order valence-electron chi connectivity index (χ1n) is 19.4. The van der Waals surface area contributed by atoms with Crippen molar-refractivity contribution in [1.29, 1.82) is 0 Å². The zero-order valence-electron chi connectivity index (χ0n) is 31.8. The molecule has 3 atom stereocenters. The highest BCUT2D eigenvalue weighted by Gasteiger charge is 2.50. The molecule has 1 aromatic heterocycles. The molecule has 2 N–H and O–H groups in total. The Morgan fingerprint density at radius 2 is 1.52 bits per heavy atom. The number of amides is 5. The van der Waals surface area contributed by atoms with E-state index in [1.54, 1.807) is 38.4 Å². The van der Waals surface area contributed by atoms with Crippen molar-refractivity contribution in [2.24, 2.45) is 0 Å².